The van der Waals surface area contributed by atoms with Crippen LogP contribution in [0, 0.1) is 5.41 Å². The number of methoxy groups -OCH3 is 1. The minimum atomic E-state index is -2.24. The quantitative estimate of drug-likeness (QED) is 0.103. The SMILES string of the molecule is CCCCCCCC(=O)O[C@H]1/C(=C/C(=O)OC)C[C@H]2CC(CO)OC(=O)C[C@H](O)CC3CCC[C@H](CC4COC(/C=C/C(C)(C)[C@]1(O)O2)O4)O3. The molecule has 0 saturated carbocycles. The molecule has 9 atom stereocenters. The Hall–Kier alpha value is -2.39. The van der Waals surface area contributed by atoms with Crippen LogP contribution in [0.3, 0.4) is 0 Å². The molecule has 0 aromatic rings. The summed E-state index contributed by atoms with van der Waals surface area (Å²) in [4.78, 5) is 38.8. The summed E-state index contributed by atoms with van der Waals surface area (Å²) in [5, 5.41) is 33.5. The van der Waals surface area contributed by atoms with Gasteiger partial charge < -0.3 is 48.5 Å². The van der Waals surface area contributed by atoms with E-state index in [1.54, 1.807) is 26.0 Å². The molecule has 4 rings (SSSR count). The zero-order valence-corrected chi connectivity index (χ0v) is 30.1. The van der Waals surface area contributed by atoms with E-state index in [1.165, 1.54) is 13.2 Å². The number of carbonyl (C=O) groups is 3. The molecule has 6 bridgehead atoms. The Bertz CT molecular complexity index is 1180. The number of hydrogen-bond acceptors (Lipinski definition) is 13. The molecule has 284 valence electrons. The molecule has 0 aromatic heterocycles. The number of hydrogen-bond donors (Lipinski definition) is 3. The number of carbonyl (C=O) groups excluding carboxylic acids is 3. The van der Waals surface area contributed by atoms with E-state index in [2.05, 4.69) is 6.92 Å². The minimum Gasteiger partial charge on any atom is -0.466 e. The normalized spacial score (nSPS) is 36.6. The van der Waals surface area contributed by atoms with Crippen molar-refractivity contribution in [2.45, 2.75) is 165 Å². The summed E-state index contributed by atoms with van der Waals surface area (Å²) in [6.07, 6.45) is 6.61. The fraction of sp³-hybridized carbons (Fsp3) is 0.811. The van der Waals surface area contributed by atoms with E-state index >= 15 is 0 Å². The fourth-order valence-electron chi connectivity index (χ4n) is 7.18. The highest BCUT2D eigenvalue weighted by Gasteiger charge is 2.57. The second-order valence-corrected chi connectivity index (χ2v) is 14.6. The number of esters is 3. The Balaban J connectivity index is 1.66. The number of rotatable bonds is 9. The van der Waals surface area contributed by atoms with Gasteiger partial charge in [0.25, 0.3) is 0 Å². The average molecular weight is 711 g/mol. The number of cyclic esters (lactones) is 1. The third kappa shape index (κ3) is 11.3. The Morgan fingerprint density at radius 1 is 1.00 bits per heavy atom. The number of aliphatic hydroxyl groups excluding tert-OH is 2. The van der Waals surface area contributed by atoms with Gasteiger partial charge in [0.2, 0.25) is 5.79 Å². The Kier molecular flexibility index (Phi) is 15.3. The smallest absolute Gasteiger partial charge is 0.330 e. The van der Waals surface area contributed by atoms with Gasteiger partial charge in [0.05, 0.1) is 57.3 Å². The number of unbranched alkanes of at least 4 members (excludes halogenated alkanes) is 4. The average Bonchev–Trinajstić information content (AvgIpc) is 3.51. The van der Waals surface area contributed by atoms with Crippen LogP contribution in [0.2, 0.25) is 0 Å². The zero-order valence-electron chi connectivity index (χ0n) is 30.1. The van der Waals surface area contributed by atoms with Gasteiger partial charge in [0.1, 0.15) is 6.10 Å². The molecular weight excluding hydrogens is 652 g/mol. The van der Waals surface area contributed by atoms with E-state index in [0.717, 1.165) is 44.9 Å². The van der Waals surface area contributed by atoms with Crippen LogP contribution in [0.1, 0.15) is 111 Å². The monoisotopic (exact) mass is 710 g/mol. The van der Waals surface area contributed by atoms with Gasteiger partial charge >= 0.3 is 17.9 Å². The highest BCUT2D eigenvalue weighted by Crippen LogP contribution is 2.47. The molecule has 4 aliphatic rings. The van der Waals surface area contributed by atoms with Crippen LogP contribution in [0.15, 0.2) is 23.8 Å². The molecule has 0 radical (unpaired) electrons. The summed E-state index contributed by atoms with van der Waals surface area (Å²) < 4.78 is 41.2. The van der Waals surface area contributed by atoms with Gasteiger partial charge in [-0.3, -0.25) is 9.59 Å². The lowest BCUT2D eigenvalue weighted by atomic mass is 9.74. The first-order chi connectivity index (χ1) is 23.8. The third-order valence-corrected chi connectivity index (χ3v) is 10.0. The molecule has 13 heteroatoms. The van der Waals surface area contributed by atoms with Crippen LogP contribution in [-0.2, 0) is 47.5 Å². The van der Waals surface area contributed by atoms with E-state index in [-0.39, 0.29) is 56.0 Å². The maximum atomic E-state index is 13.2. The van der Waals surface area contributed by atoms with Gasteiger partial charge in [0, 0.05) is 37.2 Å². The second-order valence-electron chi connectivity index (χ2n) is 14.6. The number of ether oxygens (including phenoxy) is 7. The predicted molar refractivity (Wildman–Crippen MR) is 179 cm³/mol. The molecule has 3 saturated heterocycles. The topological polar surface area (TPSA) is 177 Å². The van der Waals surface area contributed by atoms with Crippen molar-refractivity contribution in [1.29, 1.82) is 0 Å². The van der Waals surface area contributed by atoms with Gasteiger partial charge in [-0.15, -0.1) is 0 Å². The fourth-order valence-corrected chi connectivity index (χ4v) is 7.18. The molecule has 3 fully saturated rings. The molecule has 0 aliphatic carbocycles. The minimum absolute atomic E-state index is 0.000953. The molecule has 13 nitrogen and oxygen atoms in total. The predicted octanol–water partition coefficient (Wildman–Crippen LogP) is 3.94. The molecule has 4 unspecified atom stereocenters. The van der Waals surface area contributed by atoms with E-state index in [9.17, 15) is 29.7 Å². The molecule has 3 N–H and O–H groups in total. The van der Waals surface area contributed by atoms with Crippen molar-refractivity contribution in [3.8, 4) is 0 Å². The molecule has 50 heavy (non-hydrogen) atoms. The summed E-state index contributed by atoms with van der Waals surface area (Å²) >= 11 is 0. The van der Waals surface area contributed by atoms with Gasteiger partial charge in [-0.1, -0.05) is 52.5 Å². The van der Waals surface area contributed by atoms with E-state index in [0.29, 0.717) is 19.4 Å². The van der Waals surface area contributed by atoms with E-state index < -0.39 is 66.4 Å². The van der Waals surface area contributed by atoms with Crippen LogP contribution in [0.4, 0.5) is 0 Å². The third-order valence-electron chi connectivity index (χ3n) is 10.0. The summed E-state index contributed by atoms with van der Waals surface area (Å²) in [6.45, 7) is 5.29. The first-order valence-corrected chi connectivity index (χ1v) is 18.3. The standard InChI is InChI=1S/C37H58O13/c1-5-6-7-8-9-13-31(40)49-35-24(17-32(41)44-4)16-28-21-29(22-38)47-33(42)19-25(39)18-26-11-10-12-27(46-26)20-30-23-45-34(48-30)14-15-36(2,3)37(35,43)50-28/h14-15,17,25-30,34-35,38-39,43H,5-13,16,18-23H2,1-4H3/b15-14+,24-17+/t25-,26?,27-,28+,29?,30?,34?,35+,37-/m1/s1. The highest BCUT2D eigenvalue weighted by atomic mass is 16.7. The molecule has 0 amide bonds. The number of fused-ring (bicyclic) bond motifs is 6. The zero-order chi connectivity index (χ0) is 36.3. The van der Waals surface area contributed by atoms with Crippen LogP contribution in [0.5, 0.6) is 0 Å². The maximum Gasteiger partial charge on any atom is 0.330 e. The van der Waals surface area contributed by atoms with Crippen LogP contribution in [-0.4, -0.2) is 108 Å². The molecule has 4 aliphatic heterocycles. The van der Waals surface area contributed by atoms with Crippen LogP contribution in [0.25, 0.3) is 0 Å². The van der Waals surface area contributed by atoms with Gasteiger partial charge in [-0.05, 0) is 43.8 Å². The summed E-state index contributed by atoms with van der Waals surface area (Å²) in [6, 6.07) is 0. The molecule has 4 heterocycles. The lowest BCUT2D eigenvalue weighted by Gasteiger charge is -2.51. The largest absolute Gasteiger partial charge is 0.466 e. The van der Waals surface area contributed by atoms with Crippen molar-refractivity contribution in [2.24, 2.45) is 5.41 Å². The molecule has 0 spiro atoms. The lowest BCUT2D eigenvalue weighted by Crippen LogP contribution is -2.62. The first kappa shape index (κ1) is 40.4. The van der Waals surface area contributed by atoms with Crippen molar-refractivity contribution < 1.29 is 62.9 Å². The van der Waals surface area contributed by atoms with Gasteiger partial charge in [-0.2, -0.15) is 0 Å². The van der Waals surface area contributed by atoms with Gasteiger partial charge in [0.15, 0.2) is 12.4 Å². The Labute approximate surface area is 295 Å². The second kappa shape index (κ2) is 18.9. The van der Waals surface area contributed by atoms with Crippen molar-refractivity contribution in [3.05, 3.63) is 23.8 Å². The summed E-state index contributed by atoms with van der Waals surface area (Å²) in [5.74, 6) is -4.22. The van der Waals surface area contributed by atoms with Crippen LogP contribution < -0.4 is 0 Å². The number of aliphatic hydroxyl groups is 3. The highest BCUT2D eigenvalue weighted by molar-refractivity contribution is 5.83. The van der Waals surface area contributed by atoms with Crippen molar-refractivity contribution in [2.75, 3.05) is 20.3 Å². The lowest BCUT2D eigenvalue weighted by molar-refractivity contribution is -0.327. The maximum absolute atomic E-state index is 13.2. The summed E-state index contributed by atoms with van der Waals surface area (Å²) in [5.41, 5.74) is -1.04. The van der Waals surface area contributed by atoms with Gasteiger partial charge in [-0.25, -0.2) is 4.79 Å². The Morgan fingerprint density at radius 3 is 2.46 bits per heavy atom. The van der Waals surface area contributed by atoms with E-state index in [1.807, 2.05) is 0 Å². The van der Waals surface area contributed by atoms with Crippen molar-refractivity contribution in [3.63, 3.8) is 0 Å². The van der Waals surface area contributed by atoms with Crippen molar-refractivity contribution in [1.82, 2.24) is 0 Å². The van der Waals surface area contributed by atoms with Crippen LogP contribution >= 0.6 is 0 Å². The Morgan fingerprint density at radius 2 is 1.74 bits per heavy atom. The first-order valence-electron chi connectivity index (χ1n) is 18.3. The summed E-state index contributed by atoms with van der Waals surface area (Å²) in [7, 11) is 1.22. The molecule has 0 aromatic carbocycles. The van der Waals surface area contributed by atoms with E-state index in [4.69, 9.17) is 33.2 Å². The molecular formula is C37H58O13. The van der Waals surface area contributed by atoms with Crippen molar-refractivity contribution >= 4 is 17.9 Å².